The lowest BCUT2D eigenvalue weighted by molar-refractivity contribution is 0.280. The number of hydrogen-bond acceptors (Lipinski definition) is 4. The summed E-state index contributed by atoms with van der Waals surface area (Å²) in [4.78, 5) is 8.55. The third-order valence-electron chi connectivity index (χ3n) is 3.37. The van der Waals surface area contributed by atoms with Gasteiger partial charge in [-0.05, 0) is 30.9 Å². The summed E-state index contributed by atoms with van der Waals surface area (Å²) in [6, 6.07) is 8.45. The third-order valence-corrected chi connectivity index (χ3v) is 3.37. The molecule has 4 heteroatoms. The molecule has 88 valence electrons. The molecule has 1 aliphatic carbocycles. The van der Waals surface area contributed by atoms with Crippen LogP contribution in [0.25, 0.3) is 10.9 Å². The second-order valence-electron chi connectivity index (χ2n) is 4.72. The van der Waals surface area contributed by atoms with E-state index in [-0.39, 0.29) is 0 Å². The van der Waals surface area contributed by atoms with E-state index in [0.717, 1.165) is 36.1 Å². The van der Waals surface area contributed by atoms with Crippen molar-refractivity contribution >= 4 is 16.7 Å². The van der Waals surface area contributed by atoms with Gasteiger partial charge in [0.25, 0.3) is 0 Å². The Morgan fingerprint density at radius 1 is 1.24 bits per heavy atom. The van der Waals surface area contributed by atoms with E-state index in [4.69, 9.17) is 5.73 Å². The normalized spacial score (nSPS) is 23.4. The largest absolute Gasteiger partial charge is 0.369 e. The number of aromatic nitrogens is 2. The molecule has 17 heavy (non-hydrogen) atoms. The maximum absolute atomic E-state index is 5.77. The number of nitrogens with two attached hydrogens (primary N) is 1. The number of hydrogen-bond donors (Lipinski definition) is 2. The SMILES string of the molecule is NC1CC(CNc2ncnc3ccccc23)C1. The fraction of sp³-hybridized carbons (Fsp3) is 0.385. The highest BCUT2D eigenvalue weighted by Crippen LogP contribution is 2.26. The van der Waals surface area contributed by atoms with Crippen LogP contribution in [0.3, 0.4) is 0 Å². The summed E-state index contributed by atoms with van der Waals surface area (Å²) >= 11 is 0. The minimum atomic E-state index is 0.406. The average Bonchev–Trinajstić information content (AvgIpc) is 2.33. The first-order valence-electron chi connectivity index (χ1n) is 6.02. The zero-order chi connectivity index (χ0) is 11.7. The summed E-state index contributed by atoms with van der Waals surface area (Å²) < 4.78 is 0. The van der Waals surface area contributed by atoms with Crippen LogP contribution < -0.4 is 11.1 Å². The number of nitrogens with one attached hydrogen (secondary N) is 1. The molecule has 0 spiro atoms. The topological polar surface area (TPSA) is 63.8 Å². The monoisotopic (exact) mass is 228 g/mol. The van der Waals surface area contributed by atoms with Crippen LogP contribution in [0.5, 0.6) is 0 Å². The molecule has 0 amide bonds. The smallest absolute Gasteiger partial charge is 0.137 e. The Hall–Kier alpha value is -1.68. The van der Waals surface area contributed by atoms with Crippen molar-refractivity contribution in [2.45, 2.75) is 18.9 Å². The summed E-state index contributed by atoms with van der Waals surface area (Å²) in [6.07, 6.45) is 3.85. The molecule has 3 rings (SSSR count). The van der Waals surface area contributed by atoms with Gasteiger partial charge in [-0.1, -0.05) is 12.1 Å². The first-order chi connectivity index (χ1) is 8.33. The van der Waals surface area contributed by atoms with Gasteiger partial charge < -0.3 is 11.1 Å². The Balaban J connectivity index is 1.76. The quantitative estimate of drug-likeness (QED) is 0.840. The highest BCUT2D eigenvalue weighted by molar-refractivity contribution is 5.88. The highest BCUT2D eigenvalue weighted by atomic mass is 15.0. The van der Waals surface area contributed by atoms with Crippen LogP contribution in [0.4, 0.5) is 5.82 Å². The van der Waals surface area contributed by atoms with E-state index in [0.29, 0.717) is 12.0 Å². The van der Waals surface area contributed by atoms with Crippen molar-refractivity contribution in [1.82, 2.24) is 9.97 Å². The lowest BCUT2D eigenvalue weighted by atomic mass is 9.81. The molecular weight excluding hydrogens is 212 g/mol. The summed E-state index contributed by atoms with van der Waals surface area (Å²) in [6.45, 7) is 0.953. The van der Waals surface area contributed by atoms with Crippen LogP contribution in [0.1, 0.15) is 12.8 Å². The van der Waals surface area contributed by atoms with E-state index in [1.165, 1.54) is 0 Å². The second kappa shape index (κ2) is 4.30. The minimum Gasteiger partial charge on any atom is -0.369 e. The Labute approximate surface area is 100 Å². The van der Waals surface area contributed by atoms with Crippen LogP contribution >= 0.6 is 0 Å². The molecule has 1 aromatic heterocycles. The maximum Gasteiger partial charge on any atom is 0.137 e. The molecule has 1 saturated carbocycles. The van der Waals surface area contributed by atoms with Crippen molar-refractivity contribution in [3.63, 3.8) is 0 Å². The van der Waals surface area contributed by atoms with Crippen molar-refractivity contribution in [1.29, 1.82) is 0 Å². The fourth-order valence-electron chi connectivity index (χ4n) is 2.34. The summed E-state index contributed by atoms with van der Waals surface area (Å²) in [5, 5.41) is 4.49. The van der Waals surface area contributed by atoms with Crippen molar-refractivity contribution in [3.8, 4) is 0 Å². The van der Waals surface area contributed by atoms with Gasteiger partial charge in [-0.25, -0.2) is 9.97 Å². The Kier molecular flexibility index (Phi) is 2.65. The molecule has 1 aromatic carbocycles. The van der Waals surface area contributed by atoms with E-state index in [1.54, 1.807) is 6.33 Å². The second-order valence-corrected chi connectivity index (χ2v) is 4.72. The van der Waals surface area contributed by atoms with Crippen LogP contribution in [0.2, 0.25) is 0 Å². The van der Waals surface area contributed by atoms with Gasteiger partial charge in [-0.2, -0.15) is 0 Å². The molecule has 1 heterocycles. The van der Waals surface area contributed by atoms with Gasteiger partial charge in [0.15, 0.2) is 0 Å². The molecule has 0 atom stereocenters. The lowest BCUT2D eigenvalue weighted by Gasteiger charge is -2.32. The number of anilines is 1. The number of fused-ring (bicyclic) bond motifs is 1. The zero-order valence-electron chi connectivity index (χ0n) is 9.63. The molecule has 0 aliphatic heterocycles. The van der Waals surface area contributed by atoms with Crippen LogP contribution in [0, 0.1) is 5.92 Å². The molecule has 0 radical (unpaired) electrons. The Bertz CT molecular complexity index is 514. The minimum absolute atomic E-state index is 0.406. The molecule has 2 aromatic rings. The average molecular weight is 228 g/mol. The van der Waals surface area contributed by atoms with Crippen molar-refractivity contribution in [2.75, 3.05) is 11.9 Å². The van der Waals surface area contributed by atoms with Gasteiger partial charge in [0, 0.05) is 18.0 Å². The van der Waals surface area contributed by atoms with E-state index < -0.39 is 0 Å². The molecule has 1 fully saturated rings. The van der Waals surface area contributed by atoms with E-state index in [9.17, 15) is 0 Å². The standard InChI is InChI=1S/C13H16N4/c14-10-5-9(6-10)7-15-13-11-3-1-2-4-12(11)16-8-17-13/h1-4,8-10H,5-7,14H2,(H,15,16,17). The van der Waals surface area contributed by atoms with Gasteiger partial charge in [0.2, 0.25) is 0 Å². The molecule has 4 nitrogen and oxygen atoms in total. The Morgan fingerprint density at radius 2 is 2.06 bits per heavy atom. The lowest BCUT2D eigenvalue weighted by Crippen LogP contribution is -2.39. The van der Waals surface area contributed by atoms with Crippen molar-refractivity contribution in [3.05, 3.63) is 30.6 Å². The van der Waals surface area contributed by atoms with E-state index >= 15 is 0 Å². The van der Waals surface area contributed by atoms with Crippen LogP contribution in [-0.4, -0.2) is 22.6 Å². The van der Waals surface area contributed by atoms with E-state index in [2.05, 4.69) is 15.3 Å². The first-order valence-corrected chi connectivity index (χ1v) is 6.02. The van der Waals surface area contributed by atoms with Crippen LogP contribution in [0.15, 0.2) is 30.6 Å². The maximum atomic E-state index is 5.77. The molecule has 0 saturated heterocycles. The number of nitrogens with zero attached hydrogens (tertiary/aromatic N) is 2. The van der Waals surface area contributed by atoms with Gasteiger partial charge in [-0.15, -0.1) is 0 Å². The summed E-state index contributed by atoms with van der Waals surface area (Å²) in [5.41, 5.74) is 6.76. The van der Waals surface area contributed by atoms with Gasteiger partial charge in [0.1, 0.15) is 12.1 Å². The Morgan fingerprint density at radius 3 is 2.88 bits per heavy atom. The van der Waals surface area contributed by atoms with Gasteiger partial charge >= 0.3 is 0 Å². The van der Waals surface area contributed by atoms with Crippen molar-refractivity contribution < 1.29 is 0 Å². The highest BCUT2D eigenvalue weighted by Gasteiger charge is 2.25. The molecular formula is C13H16N4. The molecule has 3 N–H and O–H groups in total. The summed E-state index contributed by atoms with van der Waals surface area (Å²) in [5.74, 6) is 1.62. The predicted octanol–water partition coefficient (Wildman–Crippen LogP) is 1.78. The summed E-state index contributed by atoms with van der Waals surface area (Å²) in [7, 11) is 0. The number of benzene rings is 1. The molecule has 0 unspecified atom stereocenters. The van der Waals surface area contributed by atoms with E-state index in [1.807, 2.05) is 24.3 Å². The number of para-hydroxylation sites is 1. The molecule has 0 bridgehead atoms. The fourth-order valence-corrected chi connectivity index (χ4v) is 2.34. The third kappa shape index (κ3) is 2.08. The van der Waals surface area contributed by atoms with Crippen molar-refractivity contribution in [2.24, 2.45) is 11.7 Å². The van der Waals surface area contributed by atoms with Gasteiger partial charge in [-0.3, -0.25) is 0 Å². The first kappa shape index (κ1) is 10.5. The predicted molar refractivity (Wildman–Crippen MR) is 68.7 cm³/mol. The van der Waals surface area contributed by atoms with Crippen LogP contribution in [-0.2, 0) is 0 Å². The molecule has 1 aliphatic rings. The number of rotatable bonds is 3. The zero-order valence-corrected chi connectivity index (χ0v) is 9.63. The van der Waals surface area contributed by atoms with Gasteiger partial charge in [0.05, 0.1) is 5.52 Å².